The van der Waals surface area contributed by atoms with Gasteiger partial charge in [0.2, 0.25) is 0 Å². The highest BCUT2D eigenvalue weighted by molar-refractivity contribution is 6.05. The van der Waals surface area contributed by atoms with Gasteiger partial charge in [-0.25, -0.2) is 9.37 Å². The highest BCUT2D eigenvalue weighted by Crippen LogP contribution is 2.29. The number of nitriles is 1. The summed E-state index contributed by atoms with van der Waals surface area (Å²) in [6.07, 6.45) is 7.50. The Bertz CT molecular complexity index is 2140. The molecule has 1 saturated heterocycles. The Kier molecular flexibility index (Phi) is 9.24. The first kappa shape index (κ1) is 33.4. The van der Waals surface area contributed by atoms with Crippen LogP contribution in [0.15, 0.2) is 67.3 Å². The standard InChI is InChI=1S/C38H39FN8O2/c1-24(2)49-32-21-46(22-32)19-26-13-28(38(4,5)23-40)16-29(14-26)44-37(48)33-15-27(25(3)12-34(33)39)9-10-31-18-41-36-35(8-7-11-47(31)36)43-30-17-42-45(6)20-30/h7-8,11-18,20,24,32,43H,19,21-22H2,1-6H3,(H,44,48). The number of fused-ring (bicyclic) bond motifs is 1. The molecule has 0 saturated carbocycles. The number of nitrogens with zero attached hydrogens (tertiary/aromatic N) is 6. The van der Waals surface area contributed by atoms with Crippen molar-refractivity contribution in [3.63, 3.8) is 0 Å². The second-order valence-electron chi connectivity index (χ2n) is 13.3. The van der Waals surface area contributed by atoms with Crippen LogP contribution in [0.2, 0.25) is 0 Å². The molecule has 2 N–H and O–H groups in total. The summed E-state index contributed by atoms with van der Waals surface area (Å²) in [4.78, 5) is 20.4. The second-order valence-corrected chi connectivity index (χ2v) is 13.3. The zero-order valence-corrected chi connectivity index (χ0v) is 28.5. The van der Waals surface area contributed by atoms with Gasteiger partial charge >= 0.3 is 0 Å². The molecule has 0 spiro atoms. The number of anilines is 3. The Labute approximate surface area is 285 Å². The number of nitrogens with one attached hydrogen (secondary N) is 2. The van der Waals surface area contributed by atoms with Crippen molar-refractivity contribution in [2.24, 2.45) is 7.05 Å². The number of ether oxygens (including phenoxy) is 1. The number of rotatable bonds is 9. The third-order valence-corrected chi connectivity index (χ3v) is 8.45. The quantitative estimate of drug-likeness (QED) is 0.178. The molecule has 1 aliphatic heterocycles. The van der Waals surface area contributed by atoms with E-state index < -0.39 is 17.1 Å². The number of aryl methyl sites for hydroxylation is 2. The maximum absolute atomic E-state index is 15.3. The Morgan fingerprint density at radius 1 is 1.14 bits per heavy atom. The van der Waals surface area contributed by atoms with Gasteiger partial charge in [-0.1, -0.05) is 12.0 Å². The van der Waals surface area contributed by atoms with Crippen molar-refractivity contribution in [2.45, 2.75) is 58.8 Å². The third-order valence-electron chi connectivity index (χ3n) is 8.45. The van der Waals surface area contributed by atoms with E-state index in [0.717, 1.165) is 35.6 Å². The minimum atomic E-state index is -0.793. The van der Waals surface area contributed by atoms with E-state index in [-0.39, 0.29) is 17.8 Å². The van der Waals surface area contributed by atoms with E-state index in [1.54, 1.807) is 30.1 Å². The van der Waals surface area contributed by atoms with Crippen LogP contribution in [0.3, 0.4) is 0 Å². The zero-order valence-electron chi connectivity index (χ0n) is 28.5. The number of carbonyl (C=O) groups excluding carboxylic acids is 1. The maximum Gasteiger partial charge on any atom is 0.258 e. The number of likely N-dealkylation sites (tertiary alicyclic amines) is 1. The van der Waals surface area contributed by atoms with Crippen molar-refractivity contribution in [1.82, 2.24) is 24.1 Å². The van der Waals surface area contributed by atoms with Crippen LogP contribution >= 0.6 is 0 Å². The van der Waals surface area contributed by atoms with E-state index >= 15 is 4.39 Å². The predicted molar refractivity (Wildman–Crippen MR) is 187 cm³/mol. The molecule has 0 aliphatic carbocycles. The Morgan fingerprint density at radius 2 is 1.94 bits per heavy atom. The molecule has 0 atom stereocenters. The van der Waals surface area contributed by atoms with Gasteiger partial charge in [-0.15, -0.1) is 0 Å². The van der Waals surface area contributed by atoms with Crippen molar-refractivity contribution in [1.29, 1.82) is 5.26 Å². The topological polar surface area (TPSA) is 113 Å². The number of imidazole rings is 1. The largest absolute Gasteiger partial charge is 0.373 e. The van der Waals surface area contributed by atoms with E-state index in [0.29, 0.717) is 34.7 Å². The number of hydrogen-bond acceptors (Lipinski definition) is 7. The Hall–Kier alpha value is -5.49. The van der Waals surface area contributed by atoms with E-state index in [2.05, 4.69) is 43.5 Å². The van der Waals surface area contributed by atoms with Crippen LogP contribution in [0.4, 0.5) is 21.5 Å². The fourth-order valence-corrected chi connectivity index (χ4v) is 5.81. The summed E-state index contributed by atoms with van der Waals surface area (Å²) >= 11 is 0. The number of aromatic nitrogens is 4. The number of pyridine rings is 1. The molecule has 4 heterocycles. The van der Waals surface area contributed by atoms with Gasteiger partial charge in [0.15, 0.2) is 5.65 Å². The molecule has 1 aliphatic rings. The monoisotopic (exact) mass is 658 g/mol. The van der Waals surface area contributed by atoms with Gasteiger partial charge in [0.05, 0.1) is 53.0 Å². The number of carbonyl (C=O) groups is 1. The molecule has 0 unspecified atom stereocenters. The summed E-state index contributed by atoms with van der Waals surface area (Å²) < 4.78 is 24.8. The lowest BCUT2D eigenvalue weighted by Gasteiger charge is -2.40. The summed E-state index contributed by atoms with van der Waals surface area (Å²) in [5, 5.41) is 20.3. The van der Waals surface area contributed by atoms with Gasteiger partial charge in [-0.05, 0) is 93.6 Å². The number of halogens is 1. The van der Waals surface area contributed by atoms with Crippen LogP contribution in [0, 0.1) is 35.9 Å². The van der Waals surface area contributed by atoms with Crippen LogP contribution in [0.25, 0.3) is 5.65 Å². The van der Waals surface area contributed by atoms with Gasteiger partial charge in [0.1, 0.15) is 11.5 Å². The first-order chi connectivity index (χ1) is 23.4. The van der Waals surface area contributed by atoms with Crippen molar-refractivity contribution in [2.75, 3.05) is 23.7 Å². The Morgan fingerprint density at radius 3 is 2.65 bits per heavy atom. The maximum atomic E-state index is 15.3. The highest BCUT2D eigenvalue weighted by Gasteiger charge is 2.29. The summed E-state index contributed by atoms with van der Waals surface area (Å²) in [5.74, 6) is 5.01. The van der Waals surface area contributed by atoms with Gasteiger partial charge in [0, 0.05) is 50.3 Å². The smallest absolute Gasteiger partial charge is 0.258 e. The fourth-order valence-electron chi connectivity index (χ4n) is 5.81. The van der Waals surface area contributed by atoms with E-state index in [4.69, 9.17) is 4.74 Å². The van der Waals surface area contributed by atoms with Crippen LogP contribution in [0.5, 0.6) is 0 Å². The number of benzene rings is 2. The van der Waals surface area contributed by atoms with Crippen molar-refractivity contribution >= 4 is 28.6 Å². The van der Waals surface area contributed by atoms with Crippen molar-refractivity contribution in [3.05, 3.63) is 107 Å². The summed E-state index contributed by atoms with van der Waals surface area (Å²) in [6, 6.07) is 14.6. The predicted octanol–water partition coefficient (Wildman–Crippen LogP) is 6.32. The number of amides is 1. The van der Waals surface area contributed by atoms with Gasteiger partial charge in [-0.3, -0.25) is 18.8 Å². The van der Waals surface area contributed by atoms with Crippen LogP contribution in [-0.4, -0.2) is 55.3 Å². The summed E-state index contributed by atoms with van der Waals surface area (Å²) in [6.45, 7) is 11.7. The average Bonchev–Trinajstić information content (AvgIpc) is 3.65. The minimum Gasteiger partial charge on any atom is -0.373 e. The average molecular weight is 659 g/mol. The summed E-state index contributed by atoms with van der Waals surface area (Å²) in [5.41, 5.74) is 5.34. The highest BCUT2D eigenvalue weighted by atomic mass is 19.1. The molecule has 0 radical (unpaired) electrons. The molecule has 3 aromatic heterocycles. The van der Waals surface area contributed by atoms with Crippen LogP contribution < -0.4 is 10.6 Å². The molecular formula is C38H39FN8O2. The first-order valence-electron chi connectivity index (χ1n) is 16.2. The lowest BCUT2D eigenvalue weighted by molar-refractivity contribution is -0.0833. The lowest BCUT2D eigenvalue weighted by Crippen LogP contribution is -2.52. The van der Waals surface area contributed by atoms with Crippen molar-refractivity contribution in [3.8, 4) is 17.9 Å². The normalized spacial score (nSPS) is 13.5. The van der Waals surface area contributed by atoms with E-state index in [9.17, 15) is 10.1 Å². The van der Waals surface area contributed by atoms with Gasteiger partial charge in [-0.2, -0.15) is 10.4 Å². The molecule has 5 aromatic rings. The number of hydrogen-bond donors (Lipinski definition) is 2. The molecule has 1 amide bonds. The van der Waals surface area contributed by atoms with E-state index in [1.165, 1.54) is 12.1 Å². The lowest BCUT2D eigenvalue weighted by atomic mass is 9.85. The molecular weight excluding hydrogens is 619 g/mol. The molecule has 49 heavy (non-hydrogen) atoms. The SMILES string of the molecule is Cc1cc(F)c(C(=O)Nc2cc(CN3CC(OC(C)C)C3)cc(C(C)(C)C#N)c2)cc1C#Cc1cnc2c(Nc3cnn(C)c3)cccn12. The molecule has 0 bridgehead atoms. The van der Waals surface area contributed by atoms with Crippen LogP contribution in [-0.2, 0) is 23.7 Å². The molecule has 10 nitrogen and oxygen atoms in total. The molecule has 6 rings (SSSR count). The fraction of sp³-hybridized carbons (Fsp3) is 0.316. The molecule has 2 aromatic carbocycles. The van der Waals surface area contributed by atoms with E-state index in [1.807, 2.05) is 75.8 Å². The second kappa shape index (κ2) is 13.6. The minimum absolute atomic E-state index is 0.126. The van der Waals surface area contributed by atoms with Gasteiger partial charge in [0.25, 0.3) is 5.91 Å². The molecule has 250 valence electrons. The van der Waals surface area contributed by atoms with Crippen molar-refractivity contribution < 1.29 is 13.9 Å². The summed E-state index contributed by atoms with van der Waals surface area (Å²) in [7, 11) is 1.85. The van der Waals surface area contributed by atoms with Gasteiger partial charge < -0.3 is 15.4 Å². The third kappa shape index (κ3) is 7.49. The molecule has 11 heteroatoms. The first-order valence-corrected chi connectivity index (χ1v) is 16.2. The van der Waals surface area contributed by atoms with Crippen LogP contribution in [0.1, 0.15) is 66.0 Å². The molecule has 1 fully saturated rings. The Balaban J connectivity index is 1.24. The zero-order chi connectivity index (χ0) is 34.9.